The number of hydrogen-bond acceptors (Lipinski definition) is 3. The van der Waals surface area contributed by atoms with E-state index in [1.54, 1.807) is 0 Å². The molecule has 1 saturated carbocycles. The highest BCUT2D eigenvalue weighted by atomic mass is 16.5. The van der Waals surface area contributed by atoms with Gasteiger partial charge in [0.2, 0.25) is 5.91 Å². The van der Waals surface area contributed by atoms with E-state index < -0.39 is 5.54 Å². The lowest BCUT2D eigenvalue weighted by Gasteiger charge is -2.45. The lowest BCUT2D eigenvalue weighted by atomic mass is 9.73. The standard InChI is InChI=1S/C11H22N2O2/c1-4-15-9-5-11(6-9,10(12)14)13-7-8(2)3/h8-9,13H,4-7H2,1-3H3,(H2,12,14). The highest BCUT2D eigenvalue weighted by Crippen LogP contribution is 2.34. The summed E-state index contributed by atoms with van der Waals surface area (Å²) >= 11 is 0. The average Bonchev–Trinajstić information content (AvgIpc) is 2.07. The van der Waals surface area contributed by atoms with Crippen LogP contribution < -0.4 is 11.1 Å². The van der Waals surface area contributed by atoms with E-state index in [0.717, 1.165) is 6.54 Å². The molecule has 0 aliphatic heterocycles. The van der Waals surface area contributed by atoms with Crippen molar-refractivity contribution in [2.45, 2.75) is 45.3 Å². The molecule has 1 aliphatic rings. The van der Waals surface area contributed by atoms with E-state index in [-0.39, 0.29) is 12.0 Å². The molecule has 0 radical (unpaired) electrons. The Hall–Kier alpha value is -0.610. The minimum Gasteiger partial charge on any atom is -0.378 e. The monoisotopic (exact) mass is 214 g/mol. The molecular weight excluding hydrogens is 192 g/mol. The molecule has 0 bridgehead atoms. The van der Waals surface area contributed by atoms with Gasteiger partial charge in [0, 0.05) is 19.4 Å². The van der Waals surface area contributed by atoms with Crippen LogP contribution >= 0.6 is 0 Å². The first-order valence-electron chi connectivity index (χ1n) is 5.66. The van der Waals surface area contributed by atoms with Crippen molar-refractivity contribution in [3.63, 3.8) is 0 Å². The zero-order chi connectivity index (χ0) is 11.5. The van der Waals surface area contributed by atoms with Crippen LogP contribution in [0.25, 0.3) is 0 Å². The SMILES string of the molecule is CCOC1CC(NCC(C)C)(C(N)=O)C1. The number of carbonyl (C=O) groups is 1. The van der Waals surface area contributed by atoms with Gasteiger partial charge in [-0.3, -0.25) is 4.79 Å². The van der Waals surface area contributed by atoms with Crippen LogP contribution in [0, 0.1) is 5.92 Å². The quantitative estimate of drug-likeness (QED) is 0.682. The summed E-state index contributed by atoms with van der Waals surface area (Å²) in [7, 11) is 0. The Morgan fingerprint density at radius 1 is 1.60 bits per heavy atom. The van der Waals surface area contributed by atoms with Gasteiger partial charge in [0.1, 0.15) is 5.54 Å². The molecule has 4 nitrogen and oxygen atoms in total. The van der Waals surface area contributed by atoms with Crippen LogP contribution in [0.1, 0.15) is 33.6 Å². The molecule has 0 atom stereocenters. The molecule has 1 fully saturated rings. The molecule has 0 heterocycles. The van der Waals surface area contributed by atoms with Gasteiger partial charge in [-0.15, -0.1) is 0 Å². The summed E-state index contributed by atoms with van der Waals surface area (Å²) in [6, 6.07) is 0. The lowest BCUT2D eigenvalue weighted by Crippen LogP contribution is -2.66. The van der Waals surface area contributed by atoms with Gasteiger partial charge in [-0.05, 0) is 19.4 Å². The molecular formula is C11H22N2O2. The Labute approximate surface area is 91.5 Å². The molecule has 4 heteroatoms. The minimum atomic E-state index is -0.510. The first kappa shape index (κ1) is 12.5. The van der Waals surface area contributed by atoms with Gasteiger partial charge >= 0.3 is 0 Å². The summed E-state index contributed by atoms with van der Waals surface area (Å²) in [4.78, 5) is 11.4. The van der Waals surface area contributed by atoms with Crippen LogP contribution in [0.5, 0.6) is 0 Å². The number of primary amides is 1. The Morgan fingerprint density at radius 2 is 2.20 bits per heavy atom. The summed E-state index contributed by atoms with van der Waals surface area (Å²) in [6.45, 7) is 7.71. The maximum Gasteiger partial charge on any atom is 0.237 e. The second-order valence-electron chi connectivity index (χ2n) is 4.71. The first-order valence-corrected chi connectivity index (χ1v) is 5.66. The number of nitrogens with two attached hydrogens (primary N) is 1. The van der Waals surface area contributed by atoms with Crippen LogP contribution in [0.15, 0.2) is 0 Å². The third-order valence-corrected chi connectivity index (χ3v) is 2.87. The van der Waals surface area contributed by atoms with Crippen molar-refractivity contribution < 1.29 is 9.53 Å². The molecule has 0 aromatic rings. The van der Waals surface area contributed by atoms with Gasteiger partial charge in [-0.25, -0.2) is 0 Å². The topological polar surface area (TPSA) is 64.3 Å². The number of rotatable bonds is 6. The van der Waals surface area contributed by atoms with E-state index in [4.69, 9.17) is 10.5 Å². The van der Waals surface area contributed by atoms with Crippen LogP contribution in [0.2, 0.25) is 0 Å². The fourth-order valence-electron chi connectivity index (χ4n) is 1.90. The zero-order valence-electron chi connectivity index (χ0n) is 9.88. The molecule has 0 unspecified atom stereocenters. The fourth-order valence-corrected chi connectivity index (χ4v) is 1.90. The predicted octanol–water partition coefficient (Wildman–Crippen LogP) is 0.655. The van der Waals surface area contributed by atoms with Gasteiger partial charge in [0.05, 0.1) is 6.10 Å². The van der Waals surface area contributed by atoms with Crippen molar-refractivity contribution in [1.82, 2.24) is 5.32 Å². The second-order valence-corrected chi connectivity index (χ2v) is 4.71. The van der Waals surface area contributed by atoms with Crippen molar-refractivity contribution in [3.05, 3.63) is 0 Å². The van der Waals surface area contributed by atoms with Crippen molar-refractivity contribution in [1.29, 1.82) is 0 Å². The number of ether oxygens (including phenoxy) is 1. The van der Waals surface area contributed by atoms with E-state index >= 15 is 0 Å². The number of hydrogen-bond donors (Lipinski definition) is 2. The summed E-state index contributed by atoms with van der Waals surface area (Å²) in [5.74, 6) is 0.270. The van der Waals surface area contributed by atoms with Gasteiger partial charge in [0.15, 0.2) is 0 Å². The largest absolute Gasteiger partial charge is 0.378 e. The second kappa shape index (κ2) is 4.94. The smallest absolute Gasteiger partial charge is 0.237 e. The third kappa shape index (κ3) is 2.92. The highest BCUT2D eigenvalue weighted by molar-refractivity contribution is 5.86. The molecule has 1 amide bonds. The highest BCUT2D eigenvalue weighted by Gasteiger charge is 2.49. The van der Waals surface area contributed by atoms with Crippen molar-refractivity contribution in [2.24, 2.45) is 11.7 Å². The summed E-state index contributed by atoms with van der Waals surface area (Å²) in [5.41, 5.74) is 4.91. The van der Waals surface area contributed by atoms with Gasteiger partial charge in [-0.2, -0.15) is 0 Å². The van der Waals surface area contributed by atoms with Gasteiger partial charge in [-0.1, -0.05) is 13.8 Å². The molecule has 88 valence electrons. The number of nitrogens with one attached hydrogen (secondary N) is 1. The Balaban J connectivity index is 2.43. The molecule has 15 heavy (non-hydrogen) atoms. The molecule has 0 spiro atoms. The minimum absolute atomic E-state index is 0.196. The van der Waals surface area contributed by atoms with E-state index in [0.29, 0.717) is 25.4 Å². The molecule has 1 rings (SSSR count). The summed E-state index contributed by atoms with van der Waals surface area (Å²) in [5, 5.41) is 3.27. The average molecular weight is 214 g/mol. The third-order valence-electron chi connectivity index (χ3n) is 2.87. The maximum absolute atomic E-state index is 11.4. The van der Waals surface area contributed by atoms with Crippen LogP contribution in [0.3, 0.4) is 0 Å². The van der Waals surface area contributed by atoms with E-state index in [1.807, 2.05) is 6.92 Å². The zero-order valence-corrected chi connectivity index (χ0v) is 9.88. The van der Waals surface area contributed by atoms with Crippen molar-refractivity contribution in [3.8, 4) is 0 Å². The fraction of sp³-hybridized carbons (Fsp3) is 0.909. The Morgan fingerprint density at radius 3 is 2.60 bits per heavy atom. The Kier molecular flexibility index (Phi) is 4.11. The van der Waals surface area contributed by atoms with E-state index in [9.17, 15) is 4.79 Å². The van der Waals surface area contributed by atoms with Crippen LogP contribution in [0.4, 0.5) is 0 Å². The molecule has 0 aromatic carbocycles. The van der Waals surface area contributed by atoms with Gasteiger partial charge < -0.3 is 15.8 Å². The van der Waals surface area contributed by atoms with E-state index in [1.165, 1.54) is 0 Å². The molecule has 3 N–H and O–H groups in total. The molecule has 0 aromatic heterocycles. The number of carbonyl (C=O) groups excluding carboxylic acids is 1. The molecule has 0 saturated heterocycles. The first-order chi connectivity index (χ1) is 7.00. The van der Waals surface area contributed by atoms with Crippen molar-refractivity contribution in [2.75, 3.05) is 13.2 Å². The van der Waals surface area contributed by atoms with Crippen LogP contribution in [-0.2, 0) is 9.53 Å². The lowest BCUT2D eigenvalue weighted by molar-refractivity contribution is -0.136. The van der Waals surface area contributed by atoms with Gasteiger partial charge in [0.25, 0.3) is 0 Å². The van der Waals surface area contributed by atoms with Crippen LogP contribution in [-0.4, -0.2) is 30.7 Å². The maximum atomic E-state index is 11.4. The summed E-state index contributed by atoms with van der Waals surface area (Å²) in [6.07, 6.45) is 1.62. The normalized spacial score (nSPS) is 30.3. The summed E-state index contributed by atoms with van der Waals surface area (Å²) < 4.78 is 5.44. The van der Waals surface area contributed by atoms with E-state index in [2.05, 4.69) is 19.2 Å². The van der Waals surface area contributed by atoms with Crippen molar-refractivity contribution >= 4 is 5.91 Å². The number of amides is 1. The Bertz CT molecular complexity index is 223. The molecule has 1 aliphatic carbocycles. The predicted molar refractivity (Wildman–Crippen MR) is 59.4 cm³/mol.